The van der Waals surface area contributed by atoms with E-state index in [4.69, 9.17) is 18.5 Å². The number of carbonyl (C=O) groups excluding carboxylic acids is 2. The predicted octanol–water partition coefficient (Wildman–Crippen LogP) is 12.5. The zero-order chi connectivity index (χ0) is 44.3. The van der Waals surface area contributed by atoms with E-state index in [1.165, 1.54) is 19.3 Å². The van der Waals surface area contributed by atoms with Gasteiger partial charge in [0.1, 0.15) is 19.8 Å². The van der Waals surface area contributed by atoms with Gasteiger partial charge in [-0.25, -0.2) is 0 Å². The first kappa shape index (κ1) is 56.7. The Hall–Kier alpha value is -3.33. The van der Waals surface area contributed by atoms with Crippen LogP contribution in [0.3, 0.4) is 0 Å². The van der Waals surface area contributed by atoms with Crippen LogP contribution in [0.2, 0.25) is 0 Å². The van der Waals surface area contributed by atoms with Crippen LogP contribution in [0.4, 0.5) is 0 Å². The summed E-state index contributed by atoms with van der Waals surface area (Å²) in [5.74, 6) is -0.951. The third-order valence-electron chi connectivity index (χ3n) is 8.78. The van der Waals surface area contributed by atoms with Gasteiger partial charge in [-0.1, -0.05) is 142 Å². The Balaban J connectivity index is 4.53. The molecule has 0 aliphatic rings. The van der Waals surface area contributed by atoms with E-state index in [-0.39, 0.29) is 26.1 Å². The van der Waals surface area contributed by atoms with E-state index in [9.17, 15) is 19.0 Å². The van der Waals surface area contributed by atoms with Gasteiger partial charge >= 0.3 is 11.9 Å². The number of hydrogen-bond donors (Lipinski definition) is 0. The first-order valence-corrected chi connectivity index (χ1v) is 24.1. The van der Waals surface area contributed by atoms with Gasteiger partial charge in [0.15, 0.2) is 6.10 Å². The number of carbonyl (C=O) groups is 2. The quantitative estimate of drug-likeness (QED) is 0.0198. The largest absolute Gasteiger partial charge is 0.756 e. The molecular weight excluding hydrogens is 774 g/mol. The van der Waals surface area contributed by atoms with Crippen molar-refractivity contribution in [3.63, 3.8) is 0 Å². The maximum Gasteiger partial charge on any atom is 0.306 e. The van der Waals surface area contributed by atoms with Crippen molar-refractivity contribution in [3.8, 4) is 0 Å². The van der Waals surface area contributed by atoms with Gasteiger partial charge in [-0.15, -0.1) is 0 Å². The summed E-state index contributed by atoms with van der Waals surface area (Å²) >= 11 is 0. The molecule has 0 amide bonds. The van der Waals surface area contributed by atoms with Crippen LogP contribution in [0.5, 0.6) is 0 Å². The van der Waals surface area contributed by atoms with Crippen molar-refractivity contribution in [2.24, 2.45) is 0 Å². The third kappa shape index (κ3) is 44.2. The molecule has 60 heavy (non-hydrogen) atoms. The molecule has 1 unspecified atom stereocenters. The Bertz CT molecular complexity index is 1380. The second kappa shape index (κ2) is 41.0. The Morgan fingerprint density at radius 2 is 0.967 bits per heavy atom. The molecular formula is C50H82NO8P. The average Bonchev–Trinajstić information content (AvgIpc) is 3.20. The lowest BCUT2D eigenvalue weighted by atomic mass is 10.1. The van der Waals surface area contributed by atoms with E-state index in [2.05, 4.69) is 117 Å². The van der Waals surface area contributed by atoms with Crippen LogP contribution in [-0.4, -0.2) is 70.0 Å². The lowest BCUT2D eigenvalue weighted by Gasteiger charge is -2.28. The van der Waals surface area contributed by atoms with Crippen LogP contribution in [0.1, 0.15) is 142 Å². The summed E-state index contributed by atoms with van der Waals surface area (Å²) in [6.45, 7) is 3.95. The summed E-state index contributed by atoms with van der Waals surface area (Å²) in [4.78, 5) is 37.6. The maximum absolute atomic E-state index is 12.7. The number of esters is 2. The van der Waals surface area contributed by atoms with Crippen LogP contribution >= 0.6 is 7.82 Å². The molecule has 0 saturated carbocycles. The van der Waals surface area contributed by atoms with E-state index in [0.29, 0.717) is 30.3 Å². The van der Waals surface area contributed by atoms with Crippen molar-refractivity contribution in [2.45, 2.75) is 148 Å². The molecule has 10 heteroatoms. The molecule has 340 valence electrons. The summed E-state index contributed by atoms with van der Waals surface area (Å²) in [6, 6.07) is 0. The zero-order valence-electron chi connectivity index (χ0n) is 38.1. The maximum atomic E-state index is 12.7. The molecule has 0 rings (SSSR count). The van der Waals surface area contributed by atoms with Crippen LogP contribution in [-0.2, 0) is 32.7 Å². The molecule has 0 aliphatic heterocycles. The fourth-order valence-corrected chi connectivity index (χ4v) is 5.99. The molecule has 0 heterocycles. The topological polar surface area (TPSA) is 111 Å². The number of unbranched alkanes of at least 4 members (excludes halogenated alkanes) is 7. The Kier molecular flexibility index (Phi) is 38.8. The fourth-order valence-electron chi connectivity index (χ4n) is 5.26. The molecule has 0 radical (unpaired) electrons. The Labute approximate surface area is 366 Å². The van der Waals surface area contributed by atoms with E-state index in [1.807, 2.05) is 27.2 Å². The molecule has 0 fully saturated rings. The van der Waals surface area contributed by atoms with Crippen LogP contribution < -0.4 is 4.89 Å². The highest BCUT2D eigenvalue weighted by molar-refractivity contribution is 7.45. The second-order valence-corrected chi connectivity index (χ2v) is 17.1. The van der Waals surface area contributed by atoms with Gasteiger partial charge < -0.3 is 27.9 Å². The Morgan fingerprint density at radius 1 is 0.533 bits per heavy atom. The number of nitrogens with zero attached hydrogens (tertiary/aromatic N) is 1. The highest BCUT2D eigenvalue weighted by atomic mass is 31.2. The summed E-state index contributed by atoms with van der Waals surface area (Å²) in [6.07, 6.45) is 55.5. The number of hydrogen-bond acceptors (Lipinski definition) is 8. The highest BCUT2D eigenvalue weighted by Crippen LogP contribution is 2.38. The van der Waals surface area contributed by atoms with Crippen molar-refractivity contribution in [1.29, 1.82) is 0 Å². The van der Waals surface area contributed by atoms with Gasteiger partial charge in [0, 0.05) is 12.8 Å². The number of rotatable bonds is 39. The van der Waals surface area contributed by atoms with Crippen LogP contribution in [0, 0.1) is 0 Å². The number of allylic oxidation sites excluding steroid dienone is 18. The number of ether oxygens (including phenoxy) is 2. The molecule has 0 spiro atoms. The Morgan fingerprint density at radius 3 is 1.43 bits per heavy atom. The van der Waals surface area contributed by atoms with Gasteiger partial charge in [-0.2, -0.15) is 0 Å². The van der Waals surface area contributed by atoms with Crippen molar-refractivity contribution >= 4 is 19.8 Å². The molecule has 0 aromatic carbocycles. The number of quaternary nitrogens is 1. The monoisotopic (exact) mass is 856 g/mol. The molecule has 2 atom stereocenters. The van der Waals surface area contributed by atoms with Gasteiger partial charge in [0.25, 0.3) is 7.82 Å². The van der Waals surface area contributed by atoms with Gasteiger partial charge in [-0.3, -0.25) is 14.2 Å². The molecule has 0 aromatic rings. The van der Waals surface area contributed by atoms with Crippen molar-refractivity contribution in [2.75, 3.05) is 47.5 Å². The zero-order valence-corrected chi connectivity index (χ0v) is 39.0. The first-order valence-electron chi connectivity index (χ1n) is 22.6. The van der Waals surface area contributed by atoms with E-state index in [0.717, 1.165) is 77.0 Å². The molecule has 0 N–H and O–H groups in total. The lowest BCUT2D eigenvalue weighted by molar-refractivity contribution is -0.870. The van der Waals surface area contributed by atoms with E-state index >= 15 is 0 Å². The summed E-state index contributed by atoms with van der Waals surface area (Å²) in [5, 5.41) is 0. The molecule has 0 bridgehead atoms. The fraction of sp³-hybridized carbons (Fsp3) is 0.600. The first-order chi connectivity index (χ1) is 29.0. The molecule has 0 saturated heterocycles. The summed E-state index contributed by atoms with van der Waals surface area (Å²) < 4.78 is 33.8. The minimum atomic E-state index is -4.66. The third-order valence-corrected chi connectivity index (χ3v) is 9.74. The van der Waals surface area contributed by atoms with Gasteiger partial charge in [-0.05, 0) is 96.3 Å². The summed E-state index contributed by atoms with van der Waals surface area (Å²) in [5.41, 5.74) is 0. The van der Waals surface area contributed by atoms with E-state index < -0.39 is 32.5 Å². The highest BCUT2D eigenvalue weighted by Gasteiger charge is 2.21. The van der Waals surface area contributed by atoms with E-state index in [1.54, 1.807) is 0 Å². The summed E-state index contributed by atoms with van der Waals surface area (Å²) in [7, 11) is 1.09. The average molecular weight is 856 g/mol. The van der Waals surface area contributed by atoms with Crippen LogP contribution in [0.25, 0.3) is 0 Å². The number of phosphoric acid groups is 1. The lowest BCUT2D eigenvalue weighted by Crippen LogP contribution is -2.37. The second-order valence-electron chi connectivity index (χ2n) is 15.7. The van der Waals surface area contributed by atoms with Crippen molar-refractivity contribution in [1.82, 2.24) is 0 Å². The normalized spacial score (nSPS) is 14.6. The standard InChI is InChI=1S/C50H82NO8P/c1-6-8-10-12-14-16-18-20-22-24-25-27-28-30-32-34-36-38-40-42-49(52)56-46-48(47-58-60(54,55)57-45-44-51(3,4)5)59-50(53)43-41-39-37-35-33-31-29-26-23-21-19-17-15-13-11-9-7-2/h8,10,14-17,20-23,25,27,29-32,35,37,48H,6-7,9,11-13,18-19,24,26,28,33-34,36,38-47H2,1-5H3/b10-8+,16-14+,17-15+,22-20+,23-21+,27-25+,31-29+,32-30+,37-35+/t48-/m1/s1. The SMILES string of the molecule is CC/C=C/C/C=C/C/C=C/C/C=C/C/C=C/CCCCCC(=O)OC[C@H](COP(=O)([O-])OCC[N+](C)(C)C)OC(=O)CCC/C=C/C/C=C/C/C=C/C/C=C/CCCCC. The minimum Gasteiger partial charge on any atom is -0.756 e. The van der Waals surface area contributed by atoms with Crippen molar-refractivity contribution < 1.29 is 42.1 Å². The number of likely N-dealkylation sites (N-methyl/N-ethyl adjacent to an activating group) is 1. The van der Waals surface area contributed by atoms with Crippen LogP contribution in [0.15, 0.2) is 109 Å². The number of phosphoric ester groups is 1. The molecule has 9 nitrogen and oxygen atoms in total. The van der Waals surface area contributed by atoms with Crippen molar-refractivity contribution in [3.05, 3.63) is 109 Å². The minimum absolute atomic E-state index is 0.0533. The predicted molar refractivity (Wildman–Crippen MR) is 249 cm³/mol. The molecule has 0 aliphatic carbocycles. The smallest absolute Gasteiger partial charge is 0.306 e. The van der Waals surface area contributed by atoms with Gasteiger partial charge in [0.05, 0.1) is 27.7 Å². The van der Waals surface area contributed by atoms with Gasteiger partial charge in [0.2, 0.25) is 0 Å². The molecule has 0 aromatic heterocycles.